The Labute approximate surface area is 105 Å². The molecule has 1 fully saturated rings. The maximum absolute atomic E-state index is 9.23. The molecule has 0 spiro atoms. The van der Waals surface area contributed by atoms with E-state index in [1.54, 1.807) is 10.7 Å². The number of aliphatic hydroxyl groups excluding tert-OH is 1. The summed E-state index contributed by atoms with van der Waals surface area (Å²) in [5.74, 6) is 0.900. The number of hydrogen-bond donors (Lipinski definition) is 1. The van der Waals surface area contributed by atoms with E-state index in [4.69, 9.17) is 4.74 Å². The zero-order valence-corrected chi connectivity index (χ0v) is 10.2. The largest absolute Gasteiger partial charge is 0.394 e. The third kappa shape index (κ3) is 2.04. The number of anilines is 1. The summed E-state index contributed by atoms with van der Waals surface area (Å²) in [7, 11) is 0. The maximum atomic E-state index is 9.23. The zero-order valence-electron chi connectivity index (χ0n) is 10.2. The van der Waals surface area contributed by atoms with Crippen molar-refractivity contribution in [1.29, 1.82) is 0 Å². The number of aliphatic hydroxyl groups is 1. The van der Waals surface area contributed by atoms with Gasteiger partial charge in [0.15, 0.2) is 5.65 Å². The third-order valence-electron chi connectivity index (χ3n) is 3.10. The van der Waals surface area contributed by atoms with Crippen LogP contribution in [-0.4, -0.2) is 51.6 Å². The molecule has 1 N–H and O–H groups in total. The summed E-state index contributed by atoms with van der Waals surface area (Å²) in [6.45, 7) is 3.49. The van der Waals surface area contributed by atoms with Gasteiger partial charge in [0.2, 0.25) is 0 Å². The molecule has 0 radical (unpaired) electrons. The minimum absolute atomic E-state index is 0.0375. The van der Waals surface area contributed by atoms with E-state index in [1.807, 2.05) is 25.3 Å². The number of aromatic nitrogens is 3. The second-order valence-corrected chi connectivity index (χ2v) is 4.58. The van der Waals surface area contributed by atoms with Crippen molar-refractivity contribution in [2.24, 2.45) is 0 Å². The molecule has 0 saturated carbocycles. The van der Waals surface area contributed by atoms with Crippen LogP contribution in [0.5, 0.6) is 0 Å². The normalized spacial score (nSPS) is 24.7. The van der Waals surface area contributed by atoms with Crippen molar-refractivity contribution >= 4 is 11.5 Å². The summed E-state index contributed by atoms with van der Waals surface area (Å²) in [5.41, 5.74) is 0.826. The number of hydrogen-bond acceptors (Lipinski definition) is 5. The average molecular weight is 248 g/mol. The molecule has 3 heterocycles. The van der Waals surface area contributed by atoms with Crippen molar-refractivity contribution < 1.29 is 9.84 Å². The quantitative estimate of drug-likeness (QED) is 0.829. The van der Waals surface area contributed by atoms with Gasteiger partial charge in [-0.1, -0.05) is 0 Å². The van der Waals surface area contributed by atoms with E-state index in [1.165, 1.54) is 0 Å². The van der Waals surface area contributed by atoms with Crippen LogP contribution in [-0.2, 0) is 4.74 Å². The highest BCUT2D eigenvalue weighted by Crippen LogP contribution is 2.18. The van der Waals surface area contributed by atoms with Crippen LogP contribution in [0.3, 0.4) is 0 Å². The van der Waals surface area contributed by atoms with Crippen molar-refractivity contribution in [3.63, 3.8) is 0 Å². The molecule has 1 aliphatic rings. The summed E-state index contributed by atoms with van der Waals surface area (Å²) in [6, 6.07) is 3.81. The SMILES string of the molecule is CC1CN(c2ccn3nccc3n2)CC(CO)O1. The molecule has 2 unspecified atom stereocenters. The van der Waals surface area contributed by atoms with Crippen LogP contribution in [0.4, 0.5) is 5.82 Å². The van der Waals surface area contributed by atoms with E-state index in [2.05, 4.69) is 15.0 Å². The number of fused-ring (bicyclic) bond motifs is 1. The highest BCUT2D eigenvalue weighted by atomic mass is 16.5. The van der Waals surface area contributed by atoms with Crippen molar-refractivity contribution in [1.82, 2.24) is 14.6 Å². The first kappa shape index (κ1) is 11.4. The zero-order chi connectivity index (χ0) is 12.5. The Hall–Kier alpha value is -1.66. The van der Waals surface area contributed by atoms with Crippen LogP contribution in [0.2, 0.25) is 0 Å². The summed E-state index contributed by atoms with van der Waals surface area (Å²) in [5, 5.41) is 13.3. The van der Waals surface area contributed by atoms with Crippen LogP contribution < -0.4 is 4.90 Å². The fraction of sp³-hybridized carbons (Fsp3) is 0.500. The molecule has 2 aromatic rings. The average Bonchev–Trinajstić information content (AvgIpc) is 2.85. The van der Waals surface area contributed by atoms with Gasteiger partial charge in [-0.05, 0) is 13.0 Å². The van der Waals surface area contributed by atoms with Gasteiger partial charge in [-0.15, -0.1) is 0 Å². The topological polar surface area (TPSA) is 62.9 Å². The van der Waals surface area contributed by atoms with Gasteiger partial charge >= 0.3 is 0 Å². The molecule has 2 aromatic heterocycles. The maximum Gasteiger partial charge on any atom is 0.157 e. The highest BCUT2D eigenvalue weighted by Gasteiger charge is 2.25. The Morgan fingerprint density at radius 1 is 1.44 bits per heavy atom. The Kier molecular flexibility index (Phi) is 2.89. The lowest BCUT2D eigenvalue weighted by atomic mass is 10.2. The second-order valence-electron chi connectivity index (χ2n) is 4.58. The van der Waals surface area contributed by atoms with E-state index in [0.717, 1.165) is 18.0 Å². The van der Waals surface area contributed by atoms with Crippen LogP contribution in [0.15, 0.2) is 24.5 Å². The first-order valence-electron chi connectivity index (χ1n) is 6.08. The highest BCUT2D eigenvalue weighted by molar-refractivity contribution is 5.47. The molecular weight excluding hydrogens is 232 g/mol. The lowest BCUT2D eigenvalue weighted by Gasteiger charge is -2.36. The van der Waals surface area contributed by atoms with E-state index in [0.29, 0.717) is 6.54 Å². The van der Waals surface area contributed by atoms with Crippen molar-refractivity contribution in [3.05, 3.63) is 24.5 Å². The molecule has 6 nitrogen and oxygen atoms in total. The standard InChI is InChI=1S/C12H16N4O2/c1-9-6-15(7-10(8-17)18-9)11-3-5-16-12(14-11)2-4-13-16/h2-5,9-10,17H,6-8H2,1H3. The van der Waals surface area contributed by atoms with E-state index in [-0.39, 0.29) is 18.8 Å². The third-order valence-corrected chi connectivity index (χ3v) is 3.10. The van der Waals surface area contributed by atoms with Gasteiger partial charge in [-0.25, -0.2) is 9.50 Å². The monoisotopic (exact) mass is 248 g/mol. The smallest absolute Gasteiger partial charge is 0.157 e. The molecule has 0 bridgehead atoms. The van der Waals surface area contributed by atoms with Gasteiger partial charge in [0.25, 0.3) is 0 Å². The van der Waals surface area contributed by atoms with Gasteiger partial charge in [-0.2, -0.15) is 5.10 Å². The van der Waals surface area contributed by atoms with Crippen LogP contribution >= 0.6 is 0 Å². The molecule has 3 rings (SSSR count). The molecule has 1 aliphatic heterocycles. The lowest BCUT2D eigenvalue weighted by molar-refractivity contribution is -0.0422. The predicted octanol–water partition coefficient (Wildman–Crippen LogP) is 0.315. The Morgan fingerprint density at radius 2 is 2.33 bits per heavy atom. The summed E-state index contributed by atoms with van der Waals surface area (Å²) in [6.07, 6.45) is 3.58. The number of rotatable bonds is 2. The summed E-state index contributed by atoms with van der Waals surface area (Å²) >= 11 is 0. The number of ether oxygens (including phenoxy) is 1. The fourth-order valence-electron chi connectivity index (χ4n) is 2.31. The molecule has 1 saturated heterocycles. The van der Waals surface area contributed by atoms with Gasteiger partial charge in [-0.3, -0.25) is 0 Å². The molecule has 18 heavy (non-hydrogen) atoms. The van der Waals surface area contributed by atoms with Gasteiger partial charge in [0.1, 0.15) is 5.82 Å². The van der Waals surface area contributed by atoms with Gasteiger partial charge in [0.05, 0.1) is 25.0 Å². The van der Waals surface area contributed by atoms with Crippen molar-refractivity contribution in [2.45, 2.75) is 19.1 Å². The number of morpholine rings is 1. The minimum atomic E-state index is -0.142. The van der Waals surface area contributed by atoms with Crippen molar-refractivity contribution in [3.8, 4) is 0 Å². The van der Waals surface area contributed by atoms with E-state index >= 15 is 0 Å². The Balaban J connectivity index is 1.88. The Morgan fingerprint density at radius 3 is 3.17 bits per heavy atom. The summed E-state index contributed by atoms with van der Waals surface area (Å²) < 4.78 is 7.36. The number of nitrogens with zero attached hydrogens (tertiary/aromatic N) is 4. The first-order chi connectivity index (χ1) is 8.76. The predicted molar refractivity (Wildman–Crippen MR) is 66.6 cm³/mol. The van der Waals surface area contributed by atoms with Gasteiger partial charge in [0, 0.05) is 25.4 Å². The molecule has 6 heteroatoms. The molecule has 0 amide bonds. The molecule has 0 aromatic carbocycles. The second kappa shape index (κ2) is 4.55. The minimum Gasteiger partial charge on any atom is -0.394 e. The van der Waals surface area contributed by atoms with E-state index in [9.17, 15) is 5.11 Å². The molecular formula is C12H16N4O2. The van der Waals surface area contributed by atoms with Crippen molar-refractivity contribution in [2.75, 3.05) is 24.6 Å². The van der Waals surface area contributed by atoms with Crippen LogP contribution in [0.25, 0.3) is 5.65 Å². The molecule has 2 atom stereocenters. The fourth-order valence-corrected chi connectivity index (χ4v) is 2.31. The first-order valence-corrected chi connectivity index (χ1v) is 6.08. The van der Waals surface area contributed by atoms with E-state index < -0.39 is 0 Å². The molecule has 0 aliphatic carbocycles. The van der Waals surface area contributed by atoms with Crippen LogP contribution in [0, 0.1) is 0 Å². The Bertz CT molecular complexity index is 542. The van der Waals surface area contributed by atoms with Crippen LogP contribution in [0.1, 0.15) is 6.92 Å². The molecule has 96 valence electrons. The summed E-state index contributed by atoms with van der Waals surface area (Å²) in [4.78, 5) is 6.69. The van der Waals surface area contributed by atoms with Gasteiger partial charge < -0.3 is 14.7 Å². The lowest BCUT2D eigenvalue weighted by Crippen LogP contribution is -2.48.